The van der Waals surface area contributed by atoms with Gasteiger partial charge in [0.2, 0.25) is 0 Å². The third kappa shape index (κ3) is 3.42. The predicted molar refractivity (Wildman–Crippen MR) is 78.0 cm³/mol. The van der Waals surface area contributed by atoms with Crippen molar-refractivity contribution in [3.63, 3.8) is 0 Å². The fourth-order valence-electron chi connectivity index (χ4n) is 1.99. The molecule has 0 unspecified atom stereocenters. The van der Waals surface area contributed by atoms with Crippen molar-refractivity contribution in [1.29, 1.82) is 0 Å². The molecule has 0 aliphatic carbocycles. The second-order valence-corrected chi connectivity index (χ2v) is 4.61. The van der Waals surface area contributed by atoms with Crippen LogP contribution in [0.1, 0.15) is 11.1 Å². The second kappa shape index (κ2) is 6.43. The summed E-state index contributed by atoms with van der Waals surface area (Å²) in [7, 11) is 3.12. The Hall–Kier alpha value is -2.30. The van der Waals surface area contributed by atoms with Gasteiger partial charge in [0.25, 0.3) is 0 Å². The maximum atomic E-state index is 13.8. The van der Waals surface area contributed by atoms with Crippen LogP contribution < -0.4 is 14.8 Å². The normalized spacial score (nSPS) is 10.3. The summed E-state index contributed by atoms with van der Waals surface area (Å²) in [4.78, 5) is 0. The van der Waals surface area contributed by atoms with Crippen LogP contribution in [0.5, 0.6) is 11.5 Å². The highest BCUT2D eigenvalue weighted by molar-refractivity contribution is 5.49. The van der Waals surface area contributed by atoms with Gasteiger partial charge in [-0.2, -0.15) is 0 Å². The Morgan fingerprint density at radius 1 is 1.00 bits per heavy atom. The third-order valence-corrected chi connectivity index (χ3v) is 3.21. The van der Waals surface area contributed by atoms with Crippen molar-refractivity contribution in [2.45, 2.75) is 13.5 Å². The molecule has 2 aromatic rings. The summed E-state index contributed by atoms with van der Waals surface area (Å²) in [5.41, 5.74) is 1.18. The first-order valence-electron chi connectivity index (χ1n) is 6.45. The van der Waals surface area contributed by atoms with E-state index in [9.17, 15) is 8.78 Å². The van der Waals surface area contributed by atoms with Crippen LogP contribution in [0.2, 0.25) is 0 Å². The van der Waals surface area contributed by atoms with Crippen LogP contribution in [0.25, 0.3) is 0 Å². The monoisotopic (exact) mass is 293 g/mol. The predicted octanol–water partition coefficient (Wildman–Crippen LogP) is 3.90. The molecule has 0 fully saturated rings. The lowest BCUT2D eigenvalue weighted by molar-refractivity contribution is 0.399. The minimum Gasteiger partial charge on any atom is -0.497 e. The molecule has 0 atom stereocenters. The molecular formula is C16H17F2NO2. The van der Waals surface area contributed by atoms with Crippen molar-refractivity contribution in [2.75, 3.05) is 19.5 Å². The van der Waals surface area contributed by atoms with Gasteiger partial charge in [-0.15, -0.1) is 0 Å². The number of aryl methyl sites for hydroxylation is 1. The van der Waals surface area contributed by atoms with E-state index >= 15 is 0 Å². The molecule has 0 saturated heterocycles. The fourth-order valence-corrected chi connectivity index (χ4v) is 1.99. The first-order valence-corrected chi connectivity index (χ1v) is 6.45. The van der Waals surface area contributed by atoms with Gasteiger partial charge in [-0.3, -0.25) is 0 Å². The lowest BCUT2D eigenvalue weighted by atomic mass is 10.1. The SMILES string of the molecule is COc1ccc(OC)c(CNc2cc(F)c(C)cc2F)c1. The molecule has 0 heterocycles. The van der Waals surface area contributed by atoms with Crippen LogP contribution in [0.3, 0.4) is 0 Å². The number of anilines is 1. The largest absolute Gasteiger partial charge is 0.497 e. The van der Waals surface area contributed by atoms with Crippen LogP contribution >= 0.6 is 0 Å². The van der Waals surface area contributed by atoms with Gasteiger partial charge < -0.3 is 14.8 Å². The lowest BCUT2D eigenvalue weighted by Gasteiger charge is -2.13. The van der Waals surface area contributed by atoms with Gasteiger partial charge in [-0.05, 0) is 36.8 Å². The maximum absolute atomic E-state index is 13.8. The molecule has 0 saturated carbocycles. The second-order valence-electron chi connectivity index (χ2n) is 4.61. The highest BCUT2D eigenvalue weighted by atomic mass is 19.1. The van der Waals surface area contributed by atoms with Gasteiger partial charge in [-0.25, -0.2) is 8.78 Å². The van der Waals surface area contributed by atoms with Gasteiger partial charge >= 0.3 is 0 Å². The molecule has 0 spiro atoms. The first kappa shape index (κ1) is 15.1. The quantitative estimate of drug-likeness (QED) is 0.907. The minimum atomic E-state index is -0.490. The number of benzene rings is 2. The highest BCUT2D eigenvalue weighted by Crippen LogP contribution is 2.26. The average molecular weight is 293 g/mol. The number of methoxy groups -OCH3 is 2. The third-order valence-electron chi connectivity index (χ3n) is 3.21. The van der Waals surface area contributed by atoms with E-state index in [1.807, 2.05) is 0 Å². The Morgan fingerprint density at radius 2 is 1.76 bits per heavy atom. The zero-order valence-corrected chi connectivity index (χ0v) is 12.2. The standard InChI is InChI=1S/C16H17F2NO2/c1-10-6-14(18)15(8-13(10)17)19-9-11-7-12(20-2)4-5-16(11)21-3/h4-8,19H,9H2,1-3H3. The van der Waals surface area contributed by atoms with Crippen LogP contribution in [0.15, 0.2) is 30.3 Å². The Kier molecular flexibility index (Phi) is 4.62. The maximum Gasteiger partial charge on any atom is 0.146 e. The number of ether oxygens (including phenoxy) is 2. The zero-order chi connectivity index (χ0) is 15.4. The van der Waals surface area contributed by atoms with Crippen molar-refractivity contribution in [3.8, 4) is 11.5 Å². The average Bonchev–Trinajstić information content (AvgIpc) is 2.49. The molecule has 21 heavy (non-hydrogen) atoms. The first-order chi connectivity index (χ1) is 10.0. The molecular weight excluding hydrogens is 276 g/mol. The molecule has 0 aliphatic rings. The lowest BCUT2D eigenvalue weighted by Crippen LogP contribution is -2.04. The van der Waals surface area contributed by atoms with Crippen LogP contribution in [0.4, 0.5) is 14.5 Å². The van der Waals surface area contributed by atoms with Crippen molar-refractivity contribution >= 4 is 5.69 Å². The Bertz CT molecular complexity index is 644. The van der Waals surface area contributed by atoms with Gasteiger partial charge in [0.05, 0.1) is 19.9 Å². The van der Waals surface area contributed by atoms with E-state index in [2.05, 4.69) is 5.32 Å². The summed E-state index contributed by atoms with van der Waals surface area (Å²) >= 11 is 0. The van der Waals surface area contributed by atoms with Crippen molar-refractivity contribution < 1.29 is 18.3 Å². The summed E-state index contributed by atoms with van der Waals surface area (Å²) in [5, 5.41) is 2.87. The smallest absolute Gasteiger partial charge is 0.146 e. The minimum absolute atomic E-state index is 0.114. The number of nitrogens with one attached hydrogen (secondary N) is 1. The van der Waals surface area contributed by atoms with Gasteiger partial charge in [0.15, 0.2) is 0 Å². The van der Waals surface area contributed by atoms with E-state index in [4.69, 9.17) is 9.47 Å². The molecule has 2 rings (SSSR count). The van der Waals surface area contributed by atoms with E-state index in [0.29, 0.717) is 18.0 Å². The fraction of sp³-hybridized carbons (Fsp3) is 0.250. The number of halogens is 2. The molecule has 5 heteroatoms. The van der Waals surface area contributed by atoms with Gasteiger partial charge in [-0.1, -0.05) is 0 Å². The molecule has 0 aromatic heterocycles. The van der Waals surface area contributed by atoms with Crippen molar-refractivity contribution in [2.24, 2.45) is 0 Å². The van der Waals surface area contributed by atoms with Crippen molar-refractivity contribution in [1.82, 2.24) is 0 Å². The molecule has 1 N–H and O–H groups in total. The number of rotatable bonds is 5. The molecule has 112 valence electrons. The Balaban J connectivity index is 2.21. The van der Waals surface area contributed by atoms with Gasteiger partial charge in [0.1, 0.15) is 23.1 Å². The molecule has 3 nitrogen and oxygen atoms in total. The summed E-state index contributed by atoms with van der Waals surface area (Å²) in [6.45, 7) is 1.81. The summed E-state index contributed by atoms with van der Waals surface area (Å²) < 4.78 is 37.7. The van der Waals surface area contributed by atoms with Crippen LogP contribution in [0, 0.1) is 18.6 Å². The van der Waals surface area contributed by atoms with E-state index in [-0.39, 0.29) is 11.3 Å². The molecule has 0 radical (unpaired) electrons. The summed E-state index contributed by atoms with van der Waals surface area (Å²) in [6, 6.07) is 7.64. The number of hydrogen-bond acceptors (Lipinski definition) is 3. The Morgan fingerprint density at radius 3 is 2.43 bits per heavy atom. The zero-order valence-electron chi connectivity index (χ0n) is 12.2. The summed E-state index contributed by atoms with van der Waals surface area (Å²) in [5.74, 6) is 0.381. The molecule has 0 aliphatic heterocycles. The summed E-state index contributed by atoms with van der Waals surface area (Å²) in [6.07, 6.45) is 0. The molecule has 2 aromatic carbocycles. The van der Waals surface area contributed by atoms with E-state index < -0.39 is 11.6 Å². The van der Waals surface area contributed by atoms with E-state index in [1.165, 1.54) is 13.0 Å². The highest BCUT2D eigenvalue weighted by Gasteiger charge is 2.09. The Labute approximate surface area is 122 Å². The number of hydrogen-bond donors (Lipinski definition) is 1. The van der Waals surface area contributed by atoms with Gasteiger partial charge in [0, 0.05) is 18.2 Å². The van der Waals surface area contributed by atoms with Crippen molar-refractivity contribution in [3.05, 3.63) is 53.1 Å². The van der Waals surface area contributed by atoms with E-state index in [0.717, 1.165) is 11.6 Å². The molecule has 0 amide bonds. The van der Waals surface area contributed by atoms with Crippen LogP contribution in [-0.4, -0.2) is 14.2 Å². The van der Waals surface area contributed by atoms with Crippen LogP contribution in [-0.2, 0) is 6.54 Å². The topological polar surface area (TPSA) is 30.5 Å². The molecule has 0 bridgehead atoms. The van der Waals surface area contributed by atoms with E-state index in [1.54, 1.807) is 32.4 Å².